The molecule has 2 aromatic rings. The second kappa shape index (κ2) is 7.86. The molecular formula is C19H24ClN3O2Si. The topological polar surface area (TPSA) is 57.0 Å². The fourth-order valence-corrected chi connectivity index (χ4v) is 3.72. The average molecular weight is 391 g/mol. The van der Waals surface area contributed by atoms with Crippen molar-refractivity contribution < 1.29 is 10.9 Å². The van der Waals surface area contributed by atoms with Gasteiger partial charge in [-0.15, -0.1) is 0 Å². The normalized spacial score (nSPS) is 20.9. The summed E-state index contributed by atoms with van der Waals surface area (Å²) in [6.07, 6.45) is 7.98. The van der Waals surface area contributed by atoms with Crippen molar-refractivity contribution >= 4 is 42.6 Å². The number of hydrogen-bond acceptors (Lipinski definition) is 4. The number of nitrogens with zero attached hydrogens (tertiary/aromatic N) is 3. The maximum atomic E-state index is 11.3. The number of halogens is 1. The van der Waals surface area contributed by atoms with Gasteiger partial charge in [-0.05, 0) is 35.7 Å². The van der Waals surface area contributed by atoms with Gasteiger partial charge >= 0.3 is 0 Å². The van der Waals surface area contributed by atoms with Crippen LogP contribution in [-0.4, -0.2) is 35.5 Å². The van der Waals surface area contributed by atoms with Crippen LogP contribution in [0, 0.1) is 5.89 Å². The molecule has 0 saturated heterocycles. The van der Waals surface area contributed by atoms with Crippen LogP contribution in [-0.2, 0) is 16.3 Å². The van der Waals surface area contributed by atoms with Crippen molar-refractivity contribution in [3.8, 4) is 0 Å². The maximum absolute atomic E-state index is 11.3. The SMILES string of the molecule is [2H]C1(C=O)C=CC=C(c2nc(Cl)nc3c2ccn3COCC[Si](C)(C)C)C1. The number of carbonyl (C=O) groups excluding carboxylic acids is 1. The van der Waals surface area contributed by atoms with E-state index in [0.717, 1.165) is 23.6 Å². The summed E-state index contributed by atoms with van der Waals surface area (Å²) in [5, 5.41) is 0.972. The van der Waals surface area contributed by atoms with E-state index in [1.807, 2.05) is 22.9 Å². The Labute approximate surface area is 161 Å². The van der Waals surface area contributed by atoms with Gasteiger partial charge < -0.3 is 14.1 Å². The van der Waals surface area contributed by atoms with Gasteiger partial charge in [-0.3, -0.25) is 0 Å². The fraction of sp³-hybridized carbons (Fsp3) is 0.421. The van der Waals surface area contributed by atoms with E-state index in [4.69, 9.17) is 17.7 Å². The molecule has 26 heavy (non-hydrogen) atoms. The third kappa shape index (κ3) is 4.49. The van der Waals surface area contributed by atoms with Crippen LogP contribution < -0.4 is 0 Å². The Kier molecular flexibility index (Phi) is 5.33. The number of allylic oxidation sites excluding steroid dienone is 4. The molecule has 0 aromatic carbocycles. The van der Waals surface area contributed by atoms with Gasteiger partial charge in [-0.2, -0.15) is 4.98 Å². The molecule has 0 N–H and O–H groups in total. The predicted molar refractivity (Wildman–Crippen MR) is 108 cm³/mol. The quantitative estimate of drug-likeness (QED) is 0.301. The molecule has 7 heteroatoms. The van der Waals surface area contributed by atoms with Crippen LogP contribution in [0.1, 0.15) is 13.5 Å². The summed E-state index contributed by atoms with van der Waals surface area (Å²) in [6, 6.07) is 3.03. The van der Waals surface area contributed by atoms with Crippen LogP contribution in [0.4, 0.5) is 0 Å². The molecule has 0 spiro atoms. The lowest BCUT2D eigenvalue weighted by molar-refractivity contribution is -0.109. The zero-order chi connectivity index (χ0) is 19.7. The smallest absolute Gasteiger partial charge is 0.224 e. The molecule has 0 fully saturated rings. The summed E-state index contributed by atoms with van der Waals surface area (Å²) < 4.78 is 15.9. The molecule has 5 nitrogen and oxygen atoms in total. The van der Waals surface area contributed by atoms with Gasteiger partial charge in [-0.25, -0.2) is 4.98 Å². The van der Waals surface area contributed by atoms with E-state index in [1.54, 1.807) is 12.2 Å². The van der Waals surface area contributed by atoms with Crippen LogP contribution in [0.15, 0.2) is 30.5 Å². The highest BCUT2D eigenvalue weighted by molar-refractivity contribution is 6.76. The van der Waals surface area contributed by atoms with Crippen LogP contribution >= 0.6 is 11.6 Å². The van der Waals surface area contributed by atoms with Crippen LogP contribution in [0.25, 0.3) is 16.6 Å². The van der Waals surface area contributed by atoms with Crippen molar-refractivity contribution in [2.24, 2.45) is 5.89 Å². The lowest BCUT2D eigenvalue weighted by Gasteiger charge is -2.16. The summed E-state index contributed by atoms with van der Waals surface area (Å²) in [4.78, 5) is 20.0. The first-order chi connectivity index (χ1) is 12.7. The van der Waals surface area contributed by atoms with Crippen molar-refractivity contribution in [3.05, 3.63) is 41.5 Å². The third-order valence-electron chi connectivity index (χ3n) is 4.28. The molecule has 0 bridgehead atoms. The number of aldehydes is 1. The van der Waals surface area contributed by atoms with E-state index in [9.17, 15) is 4.79 Å². The van der Waals surface area contributed by atoms with Gasteiger partial charge in [0.25, 0.3) is 0 Å². The third-order valence-corrected chi connectivity index (χ3v) is 6.15. The molecule has 0 amide bonds. The lowest BCUT2D eigenvalue weighted by Crippen LogP contribution is -2.22. The minimum absolute atomic E-state index is 0.136. The summed E-state index contributed by atoms with van der Waals surface area (Å²) in [6.45, 7) is 8.07. The van der Waals surface area contributed by atoms with E-state index in [1.165, 1.54) is 0 Å². The van der Waals surface area contributed by atoms with Gasteiger partial charge in [0, 0.05) is 33.5 Å². The van der Waals surface area contributed by atoms with E-state index < -0.39 is 14.0 Å². The van der Waals surface area contributed by atoms with Crippen molar-refractivity contribution in [1.29, 1.82) is 0 Å². The first-order valence-electron chi connectivity index (χ1n) is 9.16. The molecule has 1 aliphatic rings. The van der Waals surface area contributed by atoms with Gasteiger partial charge in [0.15, 0.2) is 0 Å². The molecule has 2 heterocycles. The standard InChI is InChI=1S/C19H24ClN3O2Si/c1-26(2,3)10-9-25-13-23-8-7-16-17(21-19(20)22-18(16)23)15-6-4-5-14(11-15)12-24/h4-8,12,14H,9-11,13H2,1-3H3/i14D. The molecule has 1 atom stereocenters. The molecule has 3 rings (SSSR count). The first kappa shape index (κ1) is 17.6. The number of aromatic nitrogens is 3. The molecule has 2 aromatic heterocycles. The Morgan fingerprint density at radius 1 is 1.46 bits per heavy atom. The minimum atomic E-state index is -1.27. The molecular weight excluding hydrogens is 366 g/mol. The van der Waals surface area contributed by atoms with Crippen LogP contribution in [0.3, 0.4) is 0 Å². The number of rotatable bonds is 7. The fourth-order valence-electron chi connectivity index (χ4n) is 2.80. The summed E-state index contributed by atoms with van der Waals surface area (Å²) in [5.41, 5.74) is 2.15. The number of fused-ring (bicyclic) bond motifs is 1. The predicted octanol–water partition coefficient (Wildman–Crippen LogP) is 4.56. The number of hydrogen-bond donors (Lipinski definition) is 0. The Balaban J connectivity index is 1.86. The maximum Gasteiger partial charge on any atom is 0.224 e. The van der Waals surface area contributed by atoms with E-state index >= 15 is 0 Å². The van der Waals surface area contributed by atoms with Gasteiger partial charge in [0.1, 0.15) is 18.7 Å². The van der Waals surface area contributed by atoms with Gasteiger partial charge in [0.05, 0.1) is 5.69 Å². The summed E-state index contributed by atoms with van der Waals surface area (Å²) in [7, 11) is -1.13. The lowest BCUT2D eigenvalue weighted by atomic mass is 9.92. The molecule has 0 saturated carbocycles. The minimum Gasteiger partial charge on any atom is -0.361 e. The monoisotopic (exact) mass is 390 g/mol. The second-order valence-electron chi connectivity index (χ2n) is 7.63. The molecule has 0 aliphatic heterocycles. The van der Waals surface area contributed by atoms with E-state index in [0.29, 0.717) is 24.4 Å². The highest BCUT2D eigenvalue weighted by Gasteiger charge is 2.18. The molecule has 0 radical (unpaired) electrons. The largest absolute Gasteiger partial charge is 0.361 e. The summed E-state index contributed by atoms with van der Waals surface area (Å²) in [5.74, 6) is -1.27. The van der Waals surface area contributed by atoms with Crippen molar-refractivity contribution in [3.63, 3.8) is 0 Å². The van der Waals surface area contributed by atoms with Crippen molar-refractivity contribution in [1.82, 2.24) is 14.5 Å². The first-order valence-corrected chi connectivity index (χ1v) is 12.7. The Morgan fingerprint density at radius 3 is 3.00 bits per heavy atom. The molecule has 1 aliphatic carbocycles. The van der Waals surface area contributed by atoms with E-state index in [-0.39, 0.29) is 11.7 Å². The zero-order valence-electron chi connectivity index (χ0n) is 16.3. The number of carbonyl (C=O) groups is 1. The van der Waals surface area contributed by atoms with Crippen LogP contribution in [0.5, 0.6) is 0 Å². The highest BCUT2D eigenvalue weighted by atomic mass is 35.5. The zero-order valence-corrected chi connectivity index (χ0v) is 17.1. The molecule has 138 valence electrons. The Morgan fingerprint density at radius 2 is 2.27 bits per heavy atom. The van der Waals surface area contributed by atoms with Crippen molar-refractivity contribution in [2.45, 2.75) is 38.8 Å². The average Bonchev–Trinajstić information content (AvgIpc) is 3.00. The Hall–Kier alpha value is -1.76. The van der Waals surface area contributed by atoms with Gasteiger partial charge in [0.2, 0.25) is 5.28 Å². The van der Waals surface area contributed by atoms with E-state index in [2.05, 4.69) is 29.6 Å². The molecule has 1 unspecified atom stereocenters. The van der Waals surface area contributed by atoms with Crippen molar-refractivity contribution in [2.75, 3.05) is 6.61 Å². The highest BCUT2D eigenvalue weighted by Crippen LogP contribution is 2.31. The Bertz CT molecular complexity index is 920. The summed E-state index contributed by atoms with van der Waals surface area (Å²) >= 11 is 6.17. The van der Waals surface area contributed by atoms with Crippen LogP contribution in [0.2, 0.25) is 31.0 Å². The second-order valence-corrected chi connectivity index (χ2v) is 13.6. The van der Waals surface area contributed by atoms with Gasteiger partial charge in [-0.1, -0.05) is 37.9 Å². The number of ether oxygens (including phenoxy) is 1.